The van der Waals surface area contributed by atoms with E-state index >= 15 is 0 Å². The minimum absolute atomic E-state index is 0. The molecule has 0 aliphatic heterocycles. The van der Waals surface area contributed by atoms with Crippen LogP contribution in [0.4, 0.5) is 4.39 Å². The second kappa shape index (κ2) is 11.6. The molecule has 0 spiro atoms. The van der Waals surface area contributed by atoms with Crippen LogP contribution in [-0.4, -0.2) is 19.3 Å². The summed E-state index contributed by atoms with van der Waals surface area (Å²) in [5.74, 6) is 0.934. The van der Waals surface area contributed by atoms with Gasteiger partial charge in [-0.25, -0.2) is 9.37 Å². The molecule has 9 heteroatoms. The Morgan fingerprint density at radius 1 is 0.864 bits per heavy atom. The summed E-state index contributed by atoms with van der Waals surface area (Å²) in [5.41, 5.74) is 5.02. The first-order chi connectivity index (χ1) is 21.0. The number of nitrogens with zero attached hydrogens (tertiary/aromatic N) is 6. The standard InChI is InChI=1S/C35H19FN6O.Pt/c1-22-13-23(18-37)35(24(14-22)19-38)25-20-40-41(21-25)27-5-4-6-28(16-27)43-29-9-10-31-30-7-2-3-8-32(30)42(33(31)17-29)34-15-26(36)11-12-39-34;/h2-15,20-21H,1H3;/q-2;+2. The van der Waals surface area contributed by atoms with Crippen LogP contribution >= 0.6 is 0 Å². The summed E-state index contributed by atoms with van der Waals surface area (Å²) in [5, 5.41) is 25.8. The van der Waals surface area contributed by atoms with Gasteiger partial charge in [0.05, 0.1) is 29.5 Å². The van der Waals surface area contributed by atoms with Gasteiger partial charge in [-0.15, -0.1) is 35.7 Å². The molecular formula is C35H19FN6OPt. The Morgan fingerprint density at radius 2 is 1.64 bits per heavy atom. The molecule has 4 aromatic carbocycles. The summed E-state index contributed by atoms with van der Waals surface area (Å²) >= 11 is 0. The zero-order valence-electron chi connectivity index (χ0n) is 23.0. The number of benzene rings is 4. The fourth-order valence-corrected chi connectivity index (χ4v) is 5.29. The molecule has 0 bridgehead atoms. The SMILES string of the molecule is Cc1cc(C#N)c(-c2cnn(-c3[c-]c(Oc4[c-]c5c(cc4)c4ccccc4n5-c4cc(F)ccn4)ccc3)c2)c(C#N)c1.[Pt+2]. The first-order valence-corrected chi connectivity index (χ1v) is 13.3. The van der Waals surface area contributed by atoms with Gasteiger partial charge in [0.1, 0.15) is 11.6 Å². The first kappa shape index (κ1) is 28.6. The van der Waals surface area contributed by atoms with Crippen molar-refractivity contribution in [2.24, 2.45) is 0 Å². The van der Waals surface area contributed by atoms with Gasteiger partial charge in [0.25, 0.3) is 0 Å². The summed E-state index contributed by atoms with van der Waals surface area (Å²) in [4.78, 5) is 4.40. The summed E-state index contributed by atoms with van der Waals surface area (Å²) in [6.07, 6.45) is 4.81. The predicted molar refractivity (Wildman–Crippen MR) is 159 cm³/mol. The molecule has 3 aromatic heterocycles. The van der Waals surface area contributed by atoms with E-state index in [4.69, 9.17) is 4.74 Å². The fourth-order valence-electron chi connectivity index (χ4n) is 5.29. The van der Waals surface area contributed by atoms with Gasteiger partial charge in [-0.3, -0.25) is 4.68 Å². The van der Waals surface area contributed by atoms with E-state index in [1.54, 1.807) is 35.3 Å². The van der Waals surface area contributed by atoms with Crippen LogP contribution in [-0.2, 0) is 21.1 Å². The number of hydrogen-bond acceptors (Lipinski definition) is 5. The third kappa shape index (κ3) is 5.02. The summed E-state index contributed by atoms with van der Waals surface area (Å²) < 4.78 is 23.8. The molecule has 0 unspecified atom stereocenters. The van der Waals surface area contributed by atoms with Crippen molar-refractivity contribution in [2.75, 3.05) is 0 Å². The van der Waals surface area contributed by atoms with Gasteiger partial charge in [0, 0.05) is 46.6 Å². The van der Waals surface area contributed by atoms with E-state index in [-0.39, 0.29) is 26.9 Å². The van der Waals surface area contributed by atoms with Gasteiger partial charge in [0.15, 0.2) is 0 Å². The van der Waals surface area contributed by atoms with Gasteiger partial charge in [-0.1, -0.05) is 23.7 Å². The van der Waals surface area contributed by atoms with Crippen LogP contribution in [0.2, 0.25) is 0 Å². The van der Waals surface area contributed by atoms with E-state index in [9.17, 15) is 14.9 Å². The Balaban J connectivity index is 0.00000343. The van der Waals surface area contributed by atoms with Crippen molar-refractivity contribution in [1.29, 1.82) is 10.5 Å². The maximum atomic E-state index is 14.2. The Hall–Kier alpha value is -5.56. The second-order valence-electron chi connectivity index (χ2n) is 9.90. The smallest absolute Gasteiger partial charge is 0.509 e. The monoisotopic (exact) mass is 753 g/mol. The number of para-hydroxylation sites is 1. The number of hydrogen-bond donors (Lipinski definition) is 0. The molecule has 0 atom stereocenters. The summed E-state index contributed by atoms with van der Waals surface area (Å²) in [6.45, 7) is 1.85. The number of aromatic nitrogens is 4. The van der Waals surface area contributed by atoms with Crippen molar-refractivity contribution < 1.29 is 30.2 Å². The minimum atomic E-state index is -0.383. The van der Waals surface area contributed by atoms with Crippen molar-refractivity contribution in [3.05, 3.63) is 132 Å². The van der Waals surface area contributed by atoms with Crippen LogP contribution in [0.1, 0.15) is 16.7 Å². The maximum Gasteiger partial charge on any atom is 2.00 e. The average molecular weight is 754 g/mol. The molecule has 7 rings (SSSR count). The van der Waals surface area contributed by atoms with Crippen LogP contribution in [0.25, 0.3) is 44.4 Å². The van der Waals surface area contributed by atoms with Crippen molar-refractivity contribution in [1.82, 2.24) is 19.3 Å². The molecular weight excluding hydrogens is 735 g/mol. The molecule has 0 aliphatic rings. The van der Waals surface area contributed by atoms with Crippen molar-refractivity contribution in [3.8, 4) is 46.3 Å². The number of ether oxygens (including phenoxy) is 1. The van der Waals surface area contributed by atoms with Gasteiger partial charge in [-0.05, 0) is 47.8 Å². The van der Waals surface area contributed by atoms with Gasteiger partial charge in [0.2, 0.25) is 0 Å². The first-order valence-electron chi connectivity index (χ1n) is 13.3. The van der Waals surface area contributed by atoms with Crippen molar-refractivity contribution in [3.63, 3.8) is 0 Å². The minimum Gasteiger partial charge on any atom is -0.509 e. The van der Waals surface area contributed by atoms with E-state index in [1.807, 2.05) is 60.0 Å². The molecule has 3 heterocycles. The predicted octanol–water partition coefficient (Wildman–Crippen LogP) is 7.61. The largest absolute Gasteiger partial charge is 2.00 e. The average Bonchev–Trinajstić information content (AvgIpc) is 3.64. The van der Waals surface area contributed by atoms with Crippen LogP contribution < -0.4 is 4.74 Å². The number of halogens is 1. The molecule has 0 radical (unpaired) electrons. The van der Waals surface area contributed by atoms with Crippen LogP contribution in [0.3, 0.4) is 0 Å². The molecule has 0 aliphatic carbocycles. The zero-order valence-corrected chi connectivity index (χ0v) is 25.3. The maximum absolute atomic E-state index is 14.2. The topological polar surface area (TPSA) is 92.4 Å². The van der Waals surface area contributed by atoms with E-state index in [2.05, 4.69) is 34.4 Å². The Morgan fingerprint density at radius 3 is 2.41 bits per heavy atom. The second-order valence-corrected chi connectivity index (χ2v) is 9.90. The normalized spacial score (nSPS) is 10.7. The van der Waals surface area contributed by atoms with Gasteiger partial charge >= 0.3 is 21.1 Å². The molecule has 7 aromatic rings. The molecule has 7 nitrogen and oxygen atoms in total. The molecule has 0 fully saturated rings. The quantitative estimate of drug-likeness (QED) is 0.169. The summed E-state index contributed by atoms with van der Waals surface area (Å²) in [7, 11) is 0. The third-order valence-corrected chi connectivity index (χ3v) is 7.11. The van der Waals surface area contributed by atoms with Crippen molar-refractivity contribution >= 4 is 21.8 Å². The Kier molecular flexibility index (Phi) is 7.53. The molecule has 0 saturated heterocycles. The van der Waals surface area contributed by atoms with E-state index in [0.29, 0.717) is 50.8 Å². The number of rotatable bonds is 5. The number of fused-ring (bicyclic) bond motifs is 3. The molecule has 0 amide bonds. The Labute approximate surface area is 266 Å². The van der Waals surface area contributed by atoms with Gasteiger partial charge in [-0.2, -0.15) is 27.8 Å². The van der Waals surface area contributed by atoms with E-state index < -0.39 is 0 Å². The molecule has 0 N–H and O–H groups in total. The van der Waals surface area contributed by atoms with Crippen molar-refractivity contribution in [2.45, 2.75) is 6.92 Å². The van der Waals surface area contributed by atoms with Crippen LogP contribution in [0.15, 0.2) is 97.5 Å². The number of aryl methyl sites for hydroxylation is 1. The summed E-state index contributed by atoms with van der Waals surface area (Å²) in [6, 6.07) is 34.2. The molecule has 0 saturated carbocycles. The number of nitriles is 2. The molecule has 212 valence electrons. The van der Waals surface area contributed by atoms with Crippen LogP contribution in [0.5, 0.6) is 11.5 Å². The third-order valence-electron chi connectivity index (χ3n) is 7.11. The molecule has 44 heavy (non-hydrogen) atoms. The van der Waals surface area contributed by atoms with Crippen LogP contribution in [0, 0.1) is 47.5 Å². The van der Waals surface area contributed by atoms with E-state index in [0.717, 1.165) is 21.9 Å². The zero-order chi connectivity index (χ0) is 29.5. The Bertz CT molecular complexity index is 2260. The van der Waals surface area contributed by atoms with Gasteiger partial charge < -0.3 is 9.30 Å². The van der Waals surface area contributed by atoms with E-state index in [1.165, 1.54) is 18.3 Å². The number of pyridine rings is 1. The fraction of sp³-hybridized carbons (Fsp3) is 0.0286.